The number of halogens is 1. The Balaban J connectivity index is 1.36. The molecule has 0 radical (unpaired) electrons. The molecule has 0 aromatic heterocycles. The second-order valence-corrected chi connectivity index (χ2v) is 7.82. The summed E-state index contributed by atoms with van der Waals surface area (Å²) < 4.78 is 0. The monoisotopic (exact) mass is 397 g/mol. The zero-order chi connectivity index (χ0) is 19.7. The number of hydrogen-bond donors (Lipinski definition) is 0. The van der Waals surface area contributed by atoms with Gasteiger partial charge >= 0.3 is 0 Å². The second-order valence-electron chi connectivity index (χ2n) is 7.38. The van der Waals surface area contributed by atoms with Gasteiger partial charge < -0.3 is 9.80 Å². The Bertz CT molecular complexity index is 876. The van der Waals surface area contributed by atoms with Gasteiger partial charge in [0.1, 0.15) is 0 Å². The molecule has 2 aliphatic heterocycles. The van der Waals surface area contributed by atoms with Crippen LogP contribution in [0.2, 0.25) is 5.02 Å². The van der Waals surface area contributed by atoms with Crippen LogP contribution in [0.1, 0.15) is 22.8 Å². The summed E-state index contributed by atoms with van der Waals surface area (Å²) in [4.78, 5) is 31.7. The zero-order valence-corrected chi connectivity index (χ0v) is 16.7. The molecule has 2 aromatic rings. The topological polar surface area (TPSA) is 43.9 Å². The lowest BCUT2D eigenvalue weighted by Gasteiger charge is -2.38. The highest BCUT2D eigenvalue weighted by Gasteiger charge is 2.33. The predicted octanol–water partition coefficient (Wildman–Crippen LogP) is 3.08. The SMILES string of the molecule is CC(C(=O)N1CCc2ccccc21)N1CCN(C(=O)c2ccc(Cl)cc2)CC1. The standard InChI is InChI=1S/C22H24ClN3O2/c1-16(21(27)26-11-10-17-4-2-3-5-20(17)26)24-12-14-25(15-13-24)22(28)18-6-8-19(23)9-7-18/h2-9,16H,10-15H2,1H3. The molecule has 2 heterocycles. The number of carbonyl (C=O) groups is 2. The van der Waals surface area contributed by atoms with Crippen molar-refractivity contribution >= 4 is 29.1 Å². The van der Waals surface area contributed by atoms with E-state index in [0.717, 1.165) is 18.7 Å². The van der Waals surface area contributed by atoms with Crippen LogP contribution >= 0.6 is 11.6 Å². The van der Waals surface area contributed by atoms with E-state index in [1.807, 2.05) is 34.9 Å². The van der Waals surface area contributed by atoms with Gasteiger partial charge in [-0.15, -0.1) is 0 Å². The van der Waals surface area contributed by atoms with Crippen molar-refractivity contribution in [3.8, 4) is 0 Å². The molecule has 1 saturated heterocycles. The van der Waals surface area contributed by atoms with Gasteiger partial charge in [-0.3, -0.25) is 14.5 Å². The van der Waals surface area contributed by atoms with Gasteiger partial charge in [-0.05, 0) is 49.2 Å². The summed E-state index contributed by atoms with van der Waals surface area (Å²) in [6.45, 7) is 5.35. The molecule has 2 aromatic carbocycles. The number of piperazine rings is 1. The smallest absolute Gasteiger partial charge is 0.253 e. The van der Waals surface area contributed by atoms with Crippen LogP contribution in [0.4, 0.5) is 5.69 Å². The van der Waals surface area contributed by atoms with Gasteiger partial charge in [-0.2, -0.15) is 0 Å². The number of nitrogens with zero attached hydrogens (tertiary/aromatic N) is 3. The number of fused-ring (bicyclic) bond motifs is 1. The van der Waals surface area contributed by atoms with Crippen molar-refractivity contribution in [2.24, 2.45) is 0 Å². The minimum absolute atomic E-state index is 0.0174. The third-order valence-corrected chi connectivity index (χ3v) is 6.00. The number of para-hydroxylation sites is 1. The maximum atomic E-state index is 13.1. The molecule has 5 nitrogen and oxygen atoms in total. The van der Waals surface area contributed by atoms with Crippen molar-refractivity contribution in [1.82, 2.24) is 9.80 Å². The first-order valence-electron chi connectivity index (χ1n) is 9.73. The Morgan fingerprint density at radius 1 is 0.929 bits per heavy atom. The number of hydrogen-bond acceptors (Lipinski definition) is 3. The molecular formula is C22H24ClN3O2. The highest BCUT2D eigenvalue weighted by Crippen LogP contribution is 2.28. The summed E-state index contributed by atoms with van der Waals surface area (Å²) in [5, 5.41) is 0.622. The van der Waals surface area contributed by atoms with E-state index in [1.165, 1.54) is 5.56 Å². The summed E-state index contributed by atoms with van der Waals surface area (Å²) in [5.74, 6) is 0.159. The fraction of sp³-hybridized carbons (Fsp3) is 0.364. The Morgan fingerprint density at radius 2 is 1.61 bits per heavy atom. The van der Waals surface area contributed by atoms with Crippen LogP contribution in [0.3, 0.4) is 0 Å². The summed E-state index contributed by atoms with van der Waals surface area (Å²) in [7, 11) is 0. The zero-order valence-electron chi connectivity index (χ0n) is 16.0. The van der Waals surface area contributed by atoms with Gasteiger partial charge in [0.15, 0.2) is 0 Å². The molecule has 2 amide bonds. The van der Waals surface area contributed by atoms with E-state index in [2.05, 4.69) is 11.0 Å². The first-order chi connectivity index (χ1) is 13.5. The predicted molar refractivity (Wildman–Crippen MR) is 111 cm³/mol. The fourth-order valence-electron chi connectivity index (χ4n) is 4.04. The molecule has 1 atom stereocenters. The van der Waals surface area contributed by atoms with E-state index >= 15 is 0 Å². The number of anilines is 1. The van der Waals surface area contributed by atoms with Crippen LogP contribution in [-0.2, 0) is 11.2 Å². The van der Waals surface area contributed by atoms with Crippen molar-refractivity contribution in [3.63, 3.8) is 0 Å². The van der Waals surface area contributed by atoms with Gasteiger partial charge in [0.25, 0.3) is 5.91 Å². The quantitative estimate of drug-likeness (QED) is 0.799. The number of amides is 2. The van der Waals surface area contributed by atoms with Crippen molar-refractivity contribution in [3.05, 3.63) is 64.7 Å². The van der Waals surface area contributed by atoms with Crippen molar-refractivity contribution in [1.29, 1.82) is 0 Å². The largest absolute Gasteiger partial charge is 0.336 e. The third-order valence-electron chi connectivity index (χ3n) is 5.75. The summed E-state index contributed by atoms with van der Waals surface area (Å²) in [5.41, 5.74) is 2.92. The summed E-state index contributed by atoms with van der Waals surface area (Å²) in [6, 6.07) is 14.9. The van der Waals surface area contributed by atoms with Crippen molar-refractivity contribution in [2.75, 3.05) is 37.6 Å². The molecule has 6 heteroatoms. The first kappa shape index (κ1) is 19.0. The maximum Gasteiger partial charge on any atom is 0.253 e. The average Bonchev–Trinajstić information content (AvgIpc) is 3.17. The van der Waals surface area contributed by atoms with E-state index in [0.29, 0.717) is 36.8 Å². The highest BCUT2D eigenvalue weighted by atomic mass is 35.5. The molecule has 0 aliphatic carbocycles. The van der Waals surface area contributed by atoms with E-state index < -0.39 is 0 Å². The van der Waals surface area contributed by atoms with Crippen LogP contribution < -0.4 is 4.90 Å². The van der Waals surface area contributed by atoms with E-state index in [1.54, 1.807) is 24.3 Å². The Morgan fingerprint density at radius 3 is 2.32 bits per heavy atom. The molecule has 146 valence electrons. The van der Waals surface area contributed by atoms with E-state index in [9.17, 15) is 9.59 Å². The van der Waals surface area contributed by atoms with Crippen LogP contribution in [0, 0.1) is 0 Å². The average molecular weight is 398 g/mol. The van der Waals surface area contributed by atoms with Crippen molar-refractivity contribution < 1.29 is 9.59 Å². The van der Waals surface area contributed by atoms with Gasteiger partial charge in [-0.1, -0.05) is 29.8 Å². The lowest BCUT2D eigenvalue weighted by Crippen LogP contribution is -2.55. The molecule has 1 unspecified atom stereocenters. The number of rotatable bonds is 3. The fourth-order valence-corrected chi connectivity index (χ4v) is 4.16. The van der Waals surface area contributed by atoms with E-state index in [-0.39, 0.29) is 17.9 Å². The Kier molecular flexibility index (Phi) is 5.38. The van der Waals surface area contributed by atoms with Gasteiger partial charge in [0.05, 0.1) is 6.04 Å². The number of carbonyl (C=O) groups excluding carboxylic acids is 2. The number of benzene rings is 2. The molecule has 4 rings (SSSR count). The molecule has 28 heavy (non-hydrogen) atoms. The molecule has 2 aliphatic rings. The molecule has 0 bridgehead atoms. The second kappa shape index (κ2) is 7.94. The minimum atomic E-state index is -0.195. The normalized spacial score (nSPS) is 18.1. The summed E-state index contributed by atoms with van der Waals surface area (Å²) in [6.07, 6.45) is 0.915. The van der Waals surface area contributed by atoms with Crippen LogP contribution in [0.15, 0.2) is 48.5 Å². The molecule has 0 spiro atoms. The van der Waals surface area contributed by atoms with Crippen LogP contribution in [0.25, 0.3) is 0 Å². The maximum absolute atomic E-state index is 13.1. The lowest BCUT2D eigenvalue weighted by atomic mass is 10.1. The van der Waals surface area contributed by atoms with Crippen molar-refractivity contribution in [2.45, 2.75) is 19.4 Å². The Labute approximate surface area is 170 Å². The Hall–Kier alpha value is -2.37. The molecular weight excluding hydrogens is 374 g/mol. The van der Waals surface area contributed by atoms with Gasteiger partial charge in [0.2, 0.25) is 5.91 Å². The minimum Gasteiger partial charge on any atom is -0.336 e. The molecule has 1 fully saturated rings. The summed E-state index contributed by atoms with van der Waals surface area (Å²) >= 11 is 5.90. The highest BCUT2D eigenvalue weighted by molar-refractivity contribution is 6.30. The van der Waals surface area contributed by atoms with Crippen LogP contribution in [-0.4, -0.2) is 60.4 Å². The molecule has 0 saturated carbocycles. The first-order valence-corrected chi connectivity index (χ1v) is 10.1. The third kappa shape index (κ3) is 3.64. The van der Waals surface area contributed by atoms with E-state index in [4.69, 9.17) is 11.6 Å². The van der Waals surface area contributed by atoms with Crippen LogP contribution in [0.5, 0.6) is 0 Å². The van der Waals surface area contributed by atoms with Gasteiger partial charge in [0, 0.05) is 49.0 Å². The van der Waals surface area contributed by atoms with Gasteiger partial charge in [-0.25, -0.2) is 0 Å². The lowest BCUT2D eigenvalue weighted by molar-refractivity contribution is -0.123. The molecule has 0 N–H and O–H groups in total.